The Morgan fingerprint density at radius 2 is 1.72 bits per heavy atom. The molecule has 3 heteroatoms. The van der Waals surface area contributed by atoms with Crippen molar-refractivity contribution in [3.8, 4) is 0 Å². The van der Waals surface area contributed by atoms with E-state index in [0.717, 1.165) is 81.9 Å². The predicted molar refractivity (Wildman–Crippen MR) is 128 cm³/mol. The fraction of sp³-hybridized carbons (Fsp3) is 0.793. The van der Waals surface area contributed by atoms with Crippen LogP contribution in [0, 0.1) is 29.4 Å². The highest BCUT2D eigenvalue weighted by Crippen LogP contribution is 2.48. The summed E-state index contributed by atoms with van der Waals surface area (Å²) in [5.74, 6) is 1.48. The average Bonchev–Trinajstić information content (AvgIpc) is 2.79. The summed E-state index contributed by atoms with van der Waals surface area (Å²) in [4.78, 5) is 0. The van der Waals surface area contributed by atoms with Crippen molar-refractivity contribution < 1.29 is 13.5 Å². The van der Waals surface area contributed by atoms with E-state index in [2.05, 4.69) is 13.8 Å². The first kappa shape index (κ1) is 24.2. The maximum Gasteiger partial charge on any atom is 0.133 e. The van der Waals surface area contributed by atoms with Crippen LogP contribution in [0.5, 0.6) is 0 Å². The van der Waals surface area contributed by atoms with Gasteiger partial charge in [0.15, 0.2) is 0 Å². The molecule has 0 saturated heterocycles. The van der Waals surface area contributed by atoms with Crippen LogP contribution < -0.4 is 0 Å². The van der Waals surface area contributed by atoms with Crippen LogP contribution in [0.25, 0.3) is 0 Å². The number of fused-ring (bicyclic) bond motifs is 2. The second-order valence-electron chi connectivity index (χ2n) is 11.0. The van der Waals surface area contributed by atoms with Crippen LogP contribution in [0.2, 0.25) is 0 Å². The Labute approximate surface area is 194 Å². The van der Waals surface area contributed by atoms with Crippen LogP contribution in [0.15, 0.2) is 6.07 Å². The van der Waals surface area contributed by atoms with Gasteiger partial charge in [-0.2, -0.15) is 0 Å². The van der Waals surface area contributed by atoms with Crippen LogP contribution in [0.1, 0.15) is 120 Å². The van der Waals surface area contributed by atoms with Crippen molar-refractivity contribution in [2.24, 2.45) is 17.8 Å². The molecule has 5 atom stereocenters. The van der Waals surface area contributed by atoms with Crippen LogP contribution in [0.3, 0.4) is 0 Å². The molecular formula is C29H44F2O. The van der Waals surface area contributed by atoms with Gasteiger partial charge in [0.2, 0.25) is 0 Å². The van der Waals surface area contributed by atoms with E-state index in [1.54, 1.807) is 6.07 Å². The highest BCUT2D eigenvalue weighted by molar-refractivity contribution is 5.39. The molecule has 1 aromatic rings. The first-order chi connectivity index (χ1) is 15.6. The summed E-state index contributed by atoms with van der Waals surface area (Å²) >= 11 is 0. The molecule has 2 fully saturated rings. The highest BCUT2D eigenvalue weighted by Gasteiger charge is 2.38. The standard InChI is InChI=1S/C29H44F2O/c1-3-5-6-7-15-32-25-13-12-21-17-23(11-10-22(21)18-25)28-27(30)19-24-16-20(8-4-2)9-14-26(24)29(28)31/h19-23,25H,3-18H2,1-2H3. The van der Waals surface area contributed by atoms with Gasteiger partial charge in [-0.05, 0) is 105 Å². The summed E-state index contributed by atoms with van der Waals surface area (Å²) in [5.41, 5.74) is 2.19. The lowest BCUT2D eigenvalue weighted by Crippen LogP contribution is -2.34. The van der Waals surface area contributed by atoms with Gasteiger partial charge < -0.3 is 4.74 Å². The number of halogens is 2. The monoisotopic (exact) mass is 446 g/mol. The number of unbranched alkanes of at least 4 members (excludes halogenated alkanes) is 3. The summed E-state index contributed by atoms with van der Waals surface area (Å²) in [6.45, 7) is 5.34. The van der Waals surface area contributed by atoms with E-state index < -0.39 is 0 Å². The molecule has 0 amide bonds. The lowest BCUT2D eigenvalue weighted by atomic mass is 9.65. The Balaban J connectivity index is 1.35. The van der Waals surface area contributed by atoms with E-state index in [4.69, 9.17) is 4.74 Å². The fourth-order valence-electron chi connectivity index (χ4n) is 7.01. The molecule has 32 heavy (non-hydrogen) atoms. The molecule has 180 valence electrons. The van der Waals surface area contributed by atoms with Gasteiger partial charge in [0.25, 0.3) is 0 Å². The molecule has 2 saturated carbocycles. The van der Waals surface area contributed by atoms with E-state index in [1.807, 2.05) is 0 Å². The molecular weight excluding hydrogens is 402 g/mol. The molecule has 0 spiro atoms. The van der Waals surface area contributed by atoms with Gasteiger partial charge in [-0.3, -0.25) is 0 Å². The molecule has 1 aromatic carbocycles. The third kappa shape index (κ3) is 5.57. The van der Waals surface area contributed by atoms with Crippen molar-refractivity contribution in [2.45, 2.75) is 122 Å². The topological polar surface area (TPSA) is 9.23 Å². The lowest BCUT2D eigenvalue weighted by Gasteiger charge is -2.42. The Morgan fingerprint density at radius 1 is 0.906 bits per heavy atom. The number of benzene rings is 1. The van der Waals surface area contributed by atoms with Crippen molar-refractivity contribution in [3.63, 3.8) is 0 Å². The smallest absolute Gasteiger partial charge is 0.133 e. The van der Waals surface area contributed by atoms with Gasteiger partial charge in [0.1, 0.15) is 11.6 Å². The Hall–Kier alpha value is -0.960. The van der Waals surface area contributed by atoms with Crippen molar-refractivity contribution in [2.75, 3.05) is 6.61 Å². The Bertz CT molecular complexity index is 745. The molecule has 1 nitrogen and oxygen atoms in total. The molecule has 4 rings (SSSR count). The molecule has 3 aliphatic carbocycles. The summed E-state index contributed by atoms with van der Waals surface area (Å²) in [7, 11) is 0. The van der Waals surface area contributed by atoms with E-state index in [-0.39, 0.29) is 17.6 Å². The SMILES string of the molecule is CCCCCCOC1CCC2CC(c3c(F)cc4c(c3F)CCC(CCC)C4)CCC2C1. The Morgan fingerprint density at radius 3 is 2.53 bits per heavy atom. The number of hydrogen-bond acceptors (Lipinski definition) is 1. The molecule has 5 unspecified atom stereocenters. The molecule has 0 heterocycles. The molecule has 0 aromatic heterocycles. The minimum absolute atomic E-state index is 0.0569. The van der Waals surface area contributed by atoms with Gasteiger partial charge in [0.05, 0.1) is 6.10 Å². The molecule has 0 N–H and O–H groups in total. The normalized spacial score (nSPS) is 30.1. The molecule has 0 bridgehead atoms. The van der Waals surface area contributed by atoms with E-state index >= 15 is 8.78 Å². The summed E-state index contributed by atoms with van der Waals surface area (Å²) < 4.78 is 37.0. The van der Waals surface area contributed by atoms with Crippen molar-refractivity contribution in [1.29, 1.82) is 0 Å². The third-order valence-corrected chi connectivity index (χ3v) is 8.78. The number of hydrogen-bond donors (Lipinski definition) is 0. The second-order valence-corrected chi connectivity index (χ2v) is 11.0. The molecule has 3 aliphatic rings. The highest BCUT2D eigenvalue weighted by atomic mass is 19.1. The van der Waals surface area contributed by atoms with Crippen molar-refractivity contribution in [1.82, 2.24) is 0 Å². The summed E-state index contributed by atoms with van der Waals surface area (Å²) in [6.07, 6.45) is 16.8. The zero-order valence-corrected chi connectivity index (χ0v) is 20.4. The fourth-order valence-corrected chi connectivity index (χ4v) is 7.01. The van der Waals surface area contributed by atoms with Crippen molar-refractivity contribution in [3.05, 3.63) is 34.4 Å². The van der Waals surface area contributed by atoms with E-state index in [1.165, 1.54) is 32.1 Å². The quantitative estimate of drug-likeness (QED) is 0.345. The summed E-state index contributed by atoms with van der Waals surface area (Å²) in [5, 5.41) is 0. The average molecular weight is 447 g/mol. The Kier molecular flexibility index (Phi) is 8.65. The van der Waals surface area contributed by atoms with Gasteiger partial charge in [0, 0.05) is 12.2 Å². The van der Waals surface area contributed by atoms with Gasteiger partial charge >= 0.3 is 0 Å². The van der Waals surface area contributed by atoms with Crippen LogP contribution in [0.4, 0.5) is 8.78 Å². The van der Waals surface area contributed by atoms with E-state index in [0.29, 0.717) is 29.4 Å². The minimum atomic E-state index is -0.272. The minimum Gasteiger partial charge on any atom is -0.378 e. The number of ether oxygens (including phenoxy) is 1. The summed E-state index contributed by atoms with van der Waals surface area (Å²) in [6, 6.07) is 1.70. The van der Waals surface area contributed by atoms with Crippen LogP contribution in [-0.2, 0) is 17.6 Å². The zero-order valence-electron chi connectivity index (χ0n) is 20.4. The van der Waals surface area contributed by atoms with E-state index in [9.17, 15) is 0 Å². The largest absolute Gasteiger partial charge is 0.378 e. The maximum absolute atomic E-state index is 15.6. The lowest BCUT2D eigenvalue weighted by molar-refractivity contribution is -0.0166. The first-order valence-corrected chi connectivity index (χ1v) is 13.7. The predicted octanol–water partition coefficient (Wildman–Crippen LogP) is 8.52. The molecule has 0 aliphatic heterocycles. The zero-order chi connectivity index (χ0) is 22.5. The van der Waals surface area contributed by atoms with Crippen LogP contribution >= 0.6 is 0 Å². The number of rotatable bonds is 9. The second kappa shape index (κ2) is 11.4. The maximum atomic E-state index is 15.6. The van der Waals surface area contributed by atoms with Gasteiger partial charge in [-0.15, -0.1) is 0 Å². The first-order valence-electron chi connectivity index (χ1n) is 13.7. The van der Waals surface area contributed by atoms with Crippen LogP contribution in [-0.4, -0.2) is 12.7 Å². The third-order valence-electron chi connectivity index (χ3n) is 8.78. The van der Waals surface area contributed by atoms with Gasteiger partial charge in [-0.25, -0.2) is 8.78 Å². The van der Waals surface area contributed by atoms with Crippen molar-refractivity contribution >= 4 is 0 Å². The molecule has 0 radical (unpaired) electrons. The van der Waals surface area contributed by atoms with Gasteiger partial charge in [-0.1, -0.05) is 46.0 Å².